The highest BCUT2D eigenvalue weighted by Crippen LogP contribution is 2.45. The molecular weight excluding hydrogens is 608 g/mol. The summed E-state index contributed by atoms with van der Waals surface area (Å²) < 4.78 is 39.8. The average molecular weight is 637 g/mol. The quantitative estimate of drug-likeness (QED) is 0.103. The largest absolute Gasteiger partial charge is 0.506 e. The Balaban J connectivity index is 1.39. The third-order valence-electron chi connectivity index (χ3n) is 8.49. The van der Waals surface area contributed by atoms with Gasteiger partial charge in [-0.05, 0) is 24.6 Å². The van der Waals surface area contributed by atoms with Crippen LogP contribution in [0.5, 0.6) is 11.5 Å². The van der Waals surface area contributed by atoms with E-state index >= 15 is 0 Å². The van der Waals surface area contributed by atoms with Crippen molar-refractivity contribution in [2.24, 2.45) is 0 Å². The lowest BCUT2D eigenvalue weighted by Gasteiger charge is -2.43. The standard InChI is InChI=1S/C32H28O14/c1-4-12-8-9-16-19-17(12)29(38)45-26-18-13(23(35)21(20(19)26)30(39)43-16)6-5-7-15(18)44-32-28(24(36)14(33)10-41-32)46-31-25(37)27(40-3)22(34)11(2)42-31/h4-11,22,24-25,27-28,31-37H,1H2,2-3H3/t11?,22-,24-,25+,27?,28?,31+,32-/m0/s1. The van der Waals surface area contributed by atoms with Crippen LogP contribution in [0.3, 0.4) is 0 Å². The van der Waals surface area contributed by atoms with Crippen LogP contribution in [-0.4, -0.2) is 81.8 Å². The van der Waals surface area contributed by atoms with Crippen molar-refractivity contribution in [1.82, 2.24) is 0 Å². The molecule has 7 rings (SSSR count). The second-order valence-corrected chi connectivity index (χ2v) is 11.1. The third-order valence-corrected chi connectivity index (χ3v) is 8.49. The number of ether oxygens (including phenoxy) is 5. The van der Waals surface area contributed by atoms with E-state index in [0.717, 1.165) is 6.26 Å². The average Bonchev–Trinajstić information content (AvgIpc) is 3.04. The van der Waals surface area contributed by atoms with E-state index in [1.807, 2.05) is 0 Å². The van der Waals surface area contributed by atoms with Gasteiger partial charge in [0.2, 0.25) is 0 Å². The summed E-state index contributed by atoms with van der Waals surface area (Å²) in [6, 6.07) is 7.50. The molecule has 3 unspecified atom stereocenters. The number of fused-ring (bicyclic) bond motifs is 2. The highest BCUT2D eigenvalue weighted by molar-refractivity contribution is 6.29. The zero-order chi connectivity index (χ0) is 32.6. The molecule has 5 aromatic rings. The smallest absolute Gasteiger partial charge is 0.348 e. The maximum absolute atomic E-state index is 13.4. The molecule has 0 radical (unpaired) electrons. The van der Waals surface area contributed by atoms with Crippen LogP contribution >= 0.6 is 0 Å². The lowest BCUT2D eigenvalue weighted by atomic mass is 9.95. The summed E-state index contributed by atoms with van der Waals surface area (Å²) in [5, 5.41) is 54.1. The third kappa shape index (κ3) is 4.34. The summed E-state index contributed by atoms with van der Waals surface area (Å²) in [4.78, 5) is 26.5. The summed E-state index contributed by atoms with van der Waals surface area (Å²) in [5.74, 6) is -1.11. The van der Waals surface area contributed by atoms with E-state index in [1.54, 1.807) is 6.07 Å². The van der Waals surface area contributed by atoms with E-state index in [1.165, 1.54) is 44.4 Å². The number of phenolic OH excluding ortho intramolecular Hbond substituents is 1. The van der Waals surface area contributed by atoms with Crippen LogP contribution in [0.25, 0.3) is 49.6 Å². The summed E-state index contributed by atoms with van der Waals surface area (Å²) >= 11 is 0. The first-order chi connectivity index (χ1) is 22.0. The molecule has 2 aromatic heterocycles. The van der Waals surface area contributed by atoms with Gasteiger partial charge in [0, 0.05) is 23.3 Å². The predicted molar refractivity (Wildman–Crippen MR) is 161 cm³/mol. The Kier molecular flexibility index (Phi) is 7.15. The molecule has 0 spiro atoms. The highest BCUT2D eigenvalue weighted by Gasteiger charge is 2.48. The molecule has 1 fully saturated rings. The van der Waals surface area contributed by atoms with Crippen molar-refractivity contribution >= 4 is 49.6 Å². The van der Waals surface area contributed by atoms with E-state index in [2.05, 4.69) is 6.58 Å². The van der Waals surface area contributed by atoms with Gasteiger partial charge in [-0.25, -0.2) is 9.59 Å². The number of phenols is 1. The highest BCUT2D eigenvalue weighted by atomic mass is 16.7. The first-order valence-corrected chi connectivity index (χ1v) is 14.2. The first-order valence-electron chi connectivity index (χ1n) is 14.2. The number of benzene rings is 3. The zero-order valence-electron chi connectivity index (χ0n) is 24.3. The number of methoxy groups -OCH3 is 1. The van der Waals surface area contributed by atoms with Crippen molar-refractivity contribution in [3.8, 4) is 11.5 Å². The SMILES string of the molecule is C=Cc1ccc2oc(=O)c3c(O)c4cccc(O[C@@H]5OC=C(O)[C@H](O)C5O[C@H]5OC(C)[C@H](O)C(OC)[C@H]5O)c4c4oc(=O)c1c2c34. The van der Waals surface area contributed by atoms with Gasteiger partial charge >= 0.3 is 11.3 Å². The minimum Gasteiger partial charge on any atom is -0.506 e. The summed E-state index contributed by atoms with van der Waals surface area (Å²) in [6.07, 6.45) is -8.62. The van der Waals surface area contributed by atoms with Crippen LogP contribution in [0.1, 0.15) is 12.5 Å². The zero-order valence-corrected chi connectivity index (χ0v) is 24.3. The minimum absolute atomic E-state index is 0.0357. The van der Waals surface area contributed by atoms with Gasteiger partial charge < -0.3 is 58.1 Å². The molecule has 8 atom stereocenters. The Morgan fingerprint density at radius 2 is 1.63 bits per heavy atom. The van der Waals surface area contributed by atoms with Crippen molar-refractivity contribution in [2.75, 3.05) is 7.11 Å². The molecule has 1 saturated heterocycles. The van der Waals surface area contributed by atoms with Gasteiger partial charge in [-0.3, -0.25) is 0 Å². The van der Waals surface area contributed by atoms with Gasteiger partial charge in [0.15, 0.2) is 23.7 Å². The van der Waals surface area contributed by atoms with Gasteiger partial charge in [-0.1, -0.05) is 30.9 Å². The van der Waals surface area contributed by atoms with E-state index in [-0.39, 0.29) is 49.2 Å². The lowest BCUT2D eigenvalue weighted by Crippen LogP contribution is -2.60. The van der Waals surface area contributed by atoms with E-state index in [4.69, 9.17) is 32.5 Å². The second kappa shape index (κ2) is 11.0. The van der Waals surface area contributed by atoms with Crippen molar-refractivity contribution in [2.45, 2.75) is 56.1 Å². The van der Waals surface area contributed by atoms with Gasteiger partial charge in [-0.15, -0.1) is 0 Å². The maximum atomic E-state index is 13.4. The molecule has 0 aliphatic carbocycles. The molecule has 0 amide bonds. The maximum Gasteiger partial charge on any atom is 0.348 e. The normalized spacial score (nSPS) is 28.5. The molecule has 0 saturated carbocycles. The molecule has 46 heavy (non-hydrogen) atoms. The fourth-order valence-electron chi connectivity index (χ4n) is 6.21. The van der Waals surface area contributed by atoms with Crippen LogP contribution < -0.4 is 16.0 Å². The molecule has 240 valence electrons. The van der Waals surface area contributed by atoms with Crippen LogP contribution in [0.15, 0.2) is 67.4 Å². The van der Waals surface area contributed by atoms with Crippen LogP contribution in [0.2, 0.25) is 0 Å². The molecule has 14 heteroatoms. The molecule has 2 aliphatic heterocycles. The lowest BCUT2D eigenvalue weighted by molar-refractivity contribution is -0.330. The first kappa shape index (κ1) is 30.0. The number of aliphatic hydroxyl groups excluding tert-OH is 4. The van der Waals surface area contributed by atoms with Gasteiger partial charge in [-0.2, -0.15) is 0 Å². The Labute approximate surface area is 257 Å². The Bertz CT molecular complexity index is 2150. The molecule has 4 heterocycles. The van der Waals surface area contributed by atoms with E-state index in [0.29, 0.717) is 5.56 Å². The van der Waals surface area contributed by atoms with Crippen molar-refractivity contribution in [1.29, 1.82) is 0 Å². The summed E-state index contributed by atoms with van der Waals surface area (Å²) in [7, 11) is 1.29. The number of rotatable bonds is 6. The predicted octanol–water partition coefficient (Wildman–Crippen LogP) is 2.35. The molecule has 5 N–H and O–H groups in total. The van der Waals surface area contributed by atoms with Crippen LogP contribution in [0, 0.1) is 0 Å². The molecular formula is C32H28O14. The summed E-state index contributed by atoms with van der Waals surface area (Å²) in [6.45, 7) is 5.28. The van der Waals surface area contributed by atoms with Crippen molar-refractivity contribution in [3.63, 3.8) is 0 Å². The number of aliphatic hydroxyl groups is 4. The topological polar surface area (TPSA) is 208 Å². The minimum atomic E-state index is -1.73. The molecule has 2 aliphatic rings. The Morgan fingerprint density at radius 1 is 0.870 bits per heavy atom. The fraction of sp³-hybridized carbons (Fsp3) is 0.312. The molecule has 3 aromatic carbocycles. The fourth-order valence-corrected chi connectivity index (χ4v) is 6.21. The van der Waals surface area contributed by atoms with Crippen molar-refractivity contribution in [3.05, 3.63) is 75.3 Å². The van der Waals surface area contributed by atoms with Crippen LogP contribution in [-0.2, 0) is 18.9 Å². The number of hydrogen-bond donors (Lipinski definition) is 5. The monoisotopic (exact) mass is 636 g/mol. The van der Waals surface area contributed by atoms with Gasteiger partial charge in [0.1, 0.15) is 53.1 Å². The van der Waals surface area contributed by atoms with Gasteiger partial charge in [0.05, 0.1) is 16.9 Å². The Morgan fingerprint density at radius 3 is 2.37 bits per heavy atom. The van der Waals surface area contributed by atoms with E-state index in [9.17, 15) is 35.1 Å². The molecule has 0 bridgehead atoms. The number of aromatic hydroxyl groups is 1. The van der Waals surface area contributed by atoms with E-state index < -0.39 is 72.0 Å². The van der Waals surface area contributed by atoms with Gasteiger partial charge in [0.25, 0.3) is 6.29 Å². The van der Waals surface area contributed by atoms with Crippen molar-refractivity contribution < 1.29 is 58.1 Å². The Hall–Kier alpha value is -4.70. The summed E-state index contributed by atoms with van der Waals surface area (Å²) in [5.41, 5.74) is -1.23. The molecule has 14 nitrogen and oxygen atoms in total. The van der Waals surface area contributed by atoms with Crippen LogP contribution in [0.4, 0.5) is 0 Å². The second-order valence-electron chi connectivity index (χ2n) is 11.1. The number of hydrogen-bond acceptors (Lipinski definition) is 14.